The van der Waals surface area contributed by atoms with Crippen molar-refractivity contribution in [3.8, 4) is 34.5 Å². The van der Waals surface area contributed by atoms with Gasteiger partial charge in [-0.05, 0) is 53.1 Å². The van der Waals surface area contributed by atoms with Crippen molar-refractivity contribution in [1.29, 1.82) is 0 Å². The fourth-order valence-corrected chi connectivity index (χ4v) is 8.02. The molecule has 5 rings (SSSR count). The number of nitrogens with zero attached hydrogens (tertiary/aromatic N) is 2. The number of ether oxygens (including phenoxy) is 8. The fourth-order valence-electron chi connectivity index (χ4n) is 8.02. The first-order chi connectivity index (χ1) is 26.5. The number of quaternary nitrogens is 2. The van der Waals surface area contributed by atoms with E-state index in [2.05, 4.69) is 44.4 Å². The van der Waals surface area contributed by atoms with E-state index in [9.17, 15) is 9.59 Å². The summed E-state index contributed by atoms with van der Waals surface area (Å²) in [6, 6.07) is 14.5. The number of benzene rings is 3. The summed E-state index contributed by atoms with van der Waals surface area (Å²) < 4.78 is 45.9. The van der Waals surface area contributed by atoms with Gasteiger partial charge in [0.1, 0.15) is 12.6 Å². The Balaban J connectivity index is 1.11. The topological polar surface area (TPSA) is 108 Å². The van der Waals surface area contributed by atoms with Crippen LogP contribution in [0.3, 0.4) is 0 Å². The first-order valence-corrected chi connectivity index (χ1v) is 18.9. The van der Waals surface area contributed by atoms with Crippen LogP contribution >= 0.6 is 0 Å². The molecule has 0 aromatic heterocycles. The molecule has 55 heavy (non-hydrogen) atoms. The van der Waals surface area contributed by atoms with Gasteiger partial charge in [-0.2, -0.15) is 0 Å². The molecule has 0 saturated heterocycles. The molecule has 0 spiro atoms. The molecule has 0 radical (unpaired) electrons. The van der Waals surface area contributed by atoms with Crippen molar-refractivity contribution >= 4 is 11.9 Å². The minimum atomic E-state index is -0.570. The summed E-state index contributed by atoms with van der Waals surface area (Å²) >= 11 is 0. The molecule has 2 aliphatic heterocycles. The monoisotopic (exact) mass is 762 g/mol. The Morgan fingerprint density at radius 1 is 0.618 bits per heavy atom. The van der Waals surface area contributed by atoms with Gasteiger partial charge < -0.3 is 46.9 Å². The Labute approximate surface area is 325 Å². The van der Waals surface area contributed by atoms with Gasteiger partial charge in [0.25, 0.3) is 0 Å². The number of carbonyl (C=O) groups excluding carboxylic acids is 2. The molecule has 2 aliphatic rings. The van der Waals surface area contributed by atoms with Crippen LogP contribution in [0.5, 0.6) is 34.5 Å². The Bertz CT molecular complexity index is 1840. The van der Waals surface area contributed by atoms with Crippen molar-refractivity contribution < 1.29 is 56.5 Å². The second-order valence-electron chi connectivity index (χ2n) is 14.8. The Morgan fingerprint density at radius 3 is 1.73 bits per heavy atom. The van der Waals surface area contributed by atoms with Crippen LogP contribution in [0, 0.1) is 0 Å². The van der Waals surface area contributed by atoms with Crippen LogP contribution < -0.4 is 28.4 Å². The van der Waals surface area contributed by atoms with E-state index in [1.54, 1.807) is 42.7 Å². The van der Waals surface area contributed by atoms with Crippen molar-refractivity contribution in [3.05, 3.63) is 82.4 Å². The van der Waals surface area contributed by atoms with Gasteiger partial charge in [-0.25, -0.2) is 9.59 Å². The van der Waals surface area contributed by atoms with Gasteiger partial charge in [-0.15, -0.1) is 0 Å². The van der Waals surface area contributed by atoms with Gasteiger partial charge in [-0.1, -0.05) is 6.07 Å². The molecule has 1 unspecified atom stereocenters. The molecule has 12 heteroatoms. The van der Waals surface area contributed by atoms with Crippen molar-refractivity contribution in [2.75, 3.05) is 96.1 Å². The van der Waals surface area contributed by atoms with E-state index in [1.165, 1.54) is 22.3 Å². The van der Waals surface area contributed by atoms with E-state index in [4.69, 9.17) is 37.9 Å². The maximum atomic E-state index is 12.6. The highest BCUT2D eigenvalue weighted by Crippen LogP contribution is 2.43. The van der Waals surface area contributed by atoms with Crippen LogP contribution in [0.15, 0.2) is 54.6 Å². The molecule has 2 heterocycles. The first kappa shape index (κ1) is 41.2. The lowest BCUT2D eigenvalue weighted by Crippen LogP contribution is -2.52. The quantitative estimate of drug-likeness (QED) is 0.0699. The lowest BCUT2D eigenvalue weighted by atomic mass is 9.86. The summed E-state index contributed by atoms with van der Waals surface area (Å²) in [5.41, 5.74) is 6.09. The number of fused-ring (bicyclic) bond motifs is 2. The van der Waals surface area contributed by atoms with Crippen molar-refractivity contribution in [1.82, 2.24) is 0 Å². The summed E-state index contributed by atoms with van der Waals surface area (Å²) in [4.78, 5) is 25.0. The molecule has 0 saturated carbocycles. The third-order valence-corrected chi connectivity index (χ3v) is 11.2. The zero-order valence-electron chi connectivity index (χ0n) is 33.7. The molecule has 0 fully saturated rings. The Hall–Kier alpha value is -4.94. The van der Waals surface area contributed by atoms with E-state index in [0.29, 0.717) is 35.8 Å². The maximum Gasteiger partial charge on any atom is 0.331 e. The molecule has 3 aromatic carbocycles. The van der Waals surface area contributed by atoms with Gasteiger partial charge >= 0.3 is 11.9 Å². The molecular weight excluding hydrogens is 704 g/mol. The van der Waals surface area contributed by atoms with Gasteiger partial charge in [0.05, 0.1) is 96.1 Å². The van der Waals surface area contributed by atoms with Crippen LogP contribution in [-0.4, -0.2) is 117 Å². The molecule has 0 bridgehead atoms. The highest BCUT2D eigenvalue weighted by Gasteiger charge is 2.40. The number of rotatable bonds is 18. The van der Waals surface area contributed by atoms with Crippen LogP contribution in [-0.2, 0) is 44.9 Å². The molecule has 298 valence electrons. The van der Waals surface area contributed by atoms with E-state index in [-0.39, 0.29) is 19.3 Å². The molecule has 12 nitrogen and oxygen atoms in total. The van der Waals surface area contributed by atoms with Crippen LogP contribution in [0.25, 0.3) is 0 Å². The summed E-state index contributed by atoms with van der Waals surface area (Å²) in [5.74, 6) is 3.13. The highest BCUT2D eigenvalue weighted by molar-refractivity contribution is 5.91. The van der Waals surface area contributed by atoms with Crippen LogP contribution in [0.2, 0.25) is 0 Å². The number of methoxy groups -OCH3 is 6. The first-order valence-electron chi connectivity index (χ1n) is 18.9. The van der Waals surface area contributed by atoms with Crippen LogP contribution in [0.1, 0.15) is 46.7 Å². The molecule has 3 aromatic rings. The van der Waals surface area contributed by atoms with Crippen molar-refractivity contribution in [2.45, 2.75) is 44.7 Å². The minimum absolute atomic E-state index is 0.0926. The van der Waals surface area contributed by atoms with E-state index in [0.717, 1.165) is 90.2 Å². The number of hydrogen-bond acceptors (Lipinski definition) is 10. The smallest absolute Gasteiger partial charge is 0.331 e. The second-order valence-corrected chi connectivity index (χ2v) is 14.8. The number of hydrogen-bond donors (Lipinski definition) is 0. The summed E-state index contributed by atoms with van der Waals surface area (Å²) in [5, 5.41) is 0. The molecule has 0 aliphatic carbocycles. The predicted molar refractivity (Wildman–Crippen MR) is 208 cm³/mol. The van der Waals surface area contributed by atoms with Gasteiger partial charge in [0.15, 0.2) is 34.5 Å². The van der Waals surface area contributed by atoms with Crippen LogP contribution in [0.4, 0.5) is 0 Å². The molecule has 0 N–H and O–H groups in total. The zero-order valence-corrected chi connectivity index (χ0v) is 33.7. The second kappa shape index (κ2) is 18.6. The van der Waals surface area contributed by atoms with E-state index < -0.39 is 11.9 Å². The summed E-state index contributed by atoms with van der Waals surface area (Å²) in [6.07, 6.45) is 6.20. The average Bonchev–Trinajstić information content (AvgIpc) is 3.20. The lowest BCUT2D eigenvalue weighted by Gasteiger charge is -2.46. The Morgan fingerprint density at radius 2 is 1.13 bits per heavy atom. The van der Waals surface area contributed by atoms with Gasteiger partial charge in [-0.3, -0.25) is 0 Å². The van der Waals surface area contributed by atoms with Crippen molar-refractivity contribution in [2.24, 2.45) is 0 Å². The average molecular weight is 763 g/mol. The third-order valence-electron chi connectivity index (χ3n) is 11.2. The predicted octanol–water partition coefficient (Wildman–Crippen LogP) is 5.65. The summed E-state index contributed by atoms with van der Waals surface area (Å²) in [7, 11) is 14.4. The van der Waals surface area contributed by atoms with Gasteiger partial charge in [0.2, 0.25) is 0 Å². The maximum absolute atomic E-state index is 12.6. The van der Waals surface area contributed by atoms with E-state index in [1.807, 2.05) is 12.1 Å². The normalized spacial score (nSPS) is 20.2. The number of carbonyl (C=O) groups is 2. The molecular formula is C43H58N2O10+2. The standard InChI is InChI=1S/C43H58N2O10/c1-44(19-15-31-25-38(50-5)40(52-7)27-33(31)29-44)17-9-21-54-42(46)13-14-43(47)55-22-10-18-45(2)20-16-32-26-39(51-6)41(53-8)28-34(32)35(45)23-30-11-12-36(48-3)37(24-30)49-4/h11-14,24-28,35H,9-10,15-23,29H2,1-8H3/q+2/b14-13+/t35-,44?,45-/m1/s1. The fraction of sp³-hybridized carbons (Fsp3) is 0.488. The largest absolute Gasteiger partial charge is 0.493 e. The third kappa shape index (κ3) is 10.0. The summed E-state index contributed by atoms with van der Waals surface area (Å²) in [6.45, 7) is 4.87. The number of esters is 2. The Kier molecular flexibility index (Phi) is 13.9. The zero-order chi connectivity index (χ0) is 39.6. The van der Waals surface area contributed by atoms with Crippen molar-refractivity contribution in [3.63, 3.8) is 0 Å². The molecule has 3 atom stereocenters. The lowest BCUT2D eigenvalue weighted by molar-refractivity contribution is -0.941. The van der Waals surface area contributed by atoms with E-state index >= 15 is 0 Å². The molecule has 0 amide bonds. The minimum Gasteiger partial charge on any atom is -0.493 e. The number of likely N-dealkylation sites (N-methyl/N-ethyl adjacent to an activating group) is 2. The SMILES string of the molecule is COc1ccc(C[C@@H]2c3cc(OC)c(OC)cc3CC[N@@+]2(C)CCCOC(=O)/C=C/C(=O)OCCC[N+]2(C)CCc3cc(OC)c(OC)cc3C2)cc1OC. The van der Waals surface area contributed by atoms with Gasteiger partial charge in [0, 0.05) is 55.4 Å². The highest BCUT2D eigenvalue weighted by atomic mass is 16.5.